The Morgan fingerprint density at radius 2 is 1.93 bits per heavy atom. The topological polar surface area (TPSA) is 71.2 Å². The van der Waals surface area contributed by atoms with Gasteiger partial charge in [0, 0.05) is 25.8 Å². The smallest absolute Gasteiger partial charge is 0.323 e. The number of rotatable bonds is 6. The monoisotopic (exact) mass is 400 g/mol. The Bertz CT molecular complexity index is 1070. The van der Waals surface area contributed by atoms with Gasteiger partial charge in [-0.15, -0.1) is 0 Å². The number of carbonyl (C=O) groups excluding carboxylic acids is 1. The quantitative estimate of drug-likeness (QED) is 0.594. The van der Waals surface area contributed by atoms with Gasteiger partial charge >= 0.3 is 5.97 Å². The Morgan fingerprint density at radius 3 is 2.67 bits per heavy atom. The highest BCUT2D eigenvalue weighted by molar-refractivity contribution is 5.76. The molecule has 3 aromatic rings. The molecule has 4 rings (SSSR count). The fourth-order valence-electron chi connectivity index (χ4n) is 3.93. The molecule has 0 amide bonds. The van der Waals surface area contributed by atoms with Crippen LogP contribution in [0.25, 0.3) is 0 Å². The van der Waals surface area contributed by atoms with Crippen molar-refractivity contribution in [2.45, 2.75) is 39.0 Å². The van der Waals surface area contributed by atoms with Gasteiger partial charge in [-0.2, -0.15) is 5.26 Å². The first kappa shape index (κ1) is 19.9. The summed E-state index contributed by atoms with van der Waals surface area (Å²) in [5.41, 5.74) is 5.23. The van der Waals surface area contributed by atoms with Gasteiger partial charge in [0.25, 0.3) is 0 Å². The van der Waals surface area contributed by atoms with Gasteiger partial charge in [0.15, 0.2) is 0 Å². The molecule has 1 aliphatic rings. The molecule has 0 N–H and O–H groups in total. The highest BCUT2D eigenvalue weighted by atomic mass is 16.5. The maximum absolute atomic E-state index is 12.7. The van der Waals surface area contributed by atoms with Crippen molar-refractivity contribution in [1.82, 2.24) is 14.5 Å². The van der Waals surface area contributed by atoms with Crippen molar-refractivity contribution in [3.8, 4) is 6.07 Å². The summed E-state index contributed by atoms with van der Waals surface area (Å²) in [4.78, 5) is 19.2. The van der Waals surface area contributed by atoms with E-state index in [1.54, 1.807) is 0 Å². The summed E-state index contributed by atoms with van der Waals surface area (Å²) < 4.78 is 7.45. The van der Waals surface area contributed by atoms with E-state index in [2.05, 4.69) is 32.7 Å². The van der Waals surface area contributed by atoms with Crippen LogP contribution >= 0.6 is 0 Å². The number of benzene rings is 2. The van der Waals surface area contributed by atoms with E-state index in [1.165, 1.54) is 11.1 Å². The van der Waals surface area contributed by atoms with E-state index in [4.69, 9.17) is 10.00 Å². The maximum atomic E-state index is 12.7. The van der Waals surface area contributed by atoms with Crippen LogP contribution in [0.3, 0.4) is 0 Å². The molecule has 0 unspecified atom stereocenters. The second kappa shape index (κ2) is 8.93. The molecule has 0 radical (unpaired) electrons. The van der Waals surface area contributed by atoms with Crippen LogP contribution in [0, 0.1) is 11.3 Å². The second-order valence-corrected chi connectivity index (χ2v) is 7.47. The van der Waals surface area contributed by atoms with Crippen LogP contribution in [0.1, 0.15) is 34.9 Å². The van der Waals surface area contributed by atoms with Crippen LogP contribution in [-0.4, -0.2) is 33.1 Å². The third-order valence-electron chi connectivity index (χ3n) is 5.50. The lowest BCUT2D eigenvalue weighted by atomic mass is 9.94. The highest BCUT2D eigenvalue weighted by Gasteiger charge is 2.33. The molecule has 6 heteroatoms. The standard InChI is InChI=1S/C24H24N4O2/c1-2-30-24(29)23-11-20-5-3-4-6-21(20)15-27(23)16-22-13-26-17-28(22)14-19-9-7-18(12-25)8-10-19/h3-10,13,17,23H,2,11,14-16H2,1H3/t23-/m0/s1. The summed E-state index contributed by atoms with van der Waals surface area (Å²) >= 11 is 0. The van der Waals surface area contributed by atoms with E-state index in [-0.39, 0.29) is 12.0 Å². The Balaban J connectivity index is 1.55. The van der Waals surface area contributed by atoms with Crippen LogP contribution in [0.5, 0.6) is 0 Å². The van der Waals surface area contributed by atoms with Gasteiger partial charge in [-0.25, -0.2) is 4.98 Å². The number of fused-ring (bicyclic) bond motifs is 1. The van der Waals surface area contributed by atoms with Crippen LogP contribution in [-0.2, 0) is 35.6 Å². The molecular formula is C24H24N4O2. The average molecular weight is 400 g/mol. The lowest BCUT2D eigenvalue weighted by Gasteiger charge is -2.35. The summed E-state index contributed by atoms with van der Waals surface area (Å²) in [7, 11) is 0. The van der Waals surface area contributed by atoms with Crippen molar-refractivity contribution in [2.75, 3.05) is 6.61 Å². The molecule has 0 saturated carbocycles. The van der Waals surface area contributed by atoms with E-state index in [0.717, 1.165) is 11.3 Å². The molecule has 0 fully saturated rings. The van der Waals surface area contributed by atoms with Gasteiger partial charge in [-0.05, 0) is 42.2 Å². The van der Waals surface area contributed by atoms with Crippen molar-refractivity contribution < 1.29 is 9.53 Å². The lowest BCUT2D eigenvalue weighted by molar-refractivity contribution is -0.150. The summed E-state index contributed by atoms with van der Waals surface area (Å²) in [6.07, 6.45) is 4.32. The summed E-state index contributed by atoms with van der Waals surface area (Å²) in [6, 6.07) is 17.7. The number of hydrogen-bond acceptors (Lipinski definition) is 5. The normalized spacial score (nSPS) is 15.9. The van der Waals surface area contributed by atoms with E-state index in [9.17, 15) is 4.79 Å². The minimum Gasteiger partial charge on any atom is -0.465 e. The van der Waals surface area contributed by atoms with Crippen LogP contribution in [0.4, 0.5) is 0 Å². The van der Waals surface area contributed by atoms with E-state index < -0.39 is 0 Å². The maximum Gasteiger partial charge on any atom is 0.323 e. The number of nitriles is 1. The summed E-state index contributed by atoms with van der Waals surface area (Å²) in [5.74, 6) is -0.176. The van der Waals surface area contributed by atoms with E-state index in [1.807, 2.05) is 55.8 Å². The van der Waals surface area contributed by atoms with Crippen LogP contribution in [0.15, 0.2) is 61.1 Å². The minimum absolute atomic E-state index is 0.176. The third kappa shape index (κ3) is 4.27. The van der Waals surface area contributed by atoms with Gasteiger partial charge in [0.2, 0.25) is 0 Å². The molecule has 152 valence electrons. The van der Waals surface area contributed by atoms with Crippen molar-refractivity contribution in [2.24, 2.45) is 0 Å². The lowest BCUT2D eigenvalue weighted by Crippen LogP contribution is -2.46. The first-order valence-electron chi connectivity index (χ1n) is 10.1. The molecule has 0 saturated heterocycles. The molecule has 1 atom stereocenters. The van der Waals surface area contributed by atoms with Gasteiger partial charge in [0.05, 0.1) is 30.3 Å². The molecule has 0 bridgehead atoms. The van der Waals surface area contributed by atoms with Crippen molar-refractivity contribution >= 4 is 5.97 Å². The summed E-state index contributed by atoms with van der Waals surface area (Å²) in [6.45, 7) is 4.18. The molecule has 2 aromatic carbocycles. The molecule has 1 aromatic heterocycles. The largest absolute Gasteiger partial charge is 0.465 e. The molecule has 6 nitrogen and oxygen atoms in total. The van der Waals surface area contributed by atoms with Crippen LogP contribution in [0.2, 0.25) is 0 Å². The molecular weight excluding hydrogens is 376 g/mol. The van der Waals surface area contributed by atoms with E-state index >= 15 is 0 Å². The highest BCUT2D eigenvalue weighted by Crippen LogP contribution is 2.26. The van der Waals surface area contributed by atoms with Gasteiger partial charge in [0.1, 0.15) is 6.04 Å². The fourth-order valence-corrected chi connectivity index (χ4v) is 3.93. The average Bonchev–Trinajstić information content (AvgIpc) is 3.20. The number of imidazole rings is 1. The first-order chi connectivity index (χ1) is 14.7. The van der Waals surface area contributed by atoms with Crippen molar-refractivity contribution in [1.29, 1.82) is 5.26 Å². The number of ether oxygens (including phenoxy) is 1. The number of esters is 1. The number of nitrogens with zero attached hydrogens (tertiary/aromatic N) is 4. The zero-order valence-electron chi connectivity index (χ0n) is 17.0. The number of carbonyl (C=O) groups is 1. The molecule has 2 heterocycles. The Labute approximate surface area is 176 Å². The predicted octanol–water partition coefficient (Wildman–Crippen LogP) is 3.29. The Hall–Kier alpha value is -3.43. The predicted molar refractivity (Wildman–Crippen MR) is 112 cm³/mol. The van der Waals surface area contributed by atoms with Crippen LogP contribution < -0.4 is 0 Å². The zero-order valence-corrected chi connectivity index (χ0v) is 17.0. The zero-order chi connectivity index (χ0) is 20.9. The molecule has 1 aliphatic heterocycles. The van der Waals surface area contributed by atoms with E-state index in [0.29, 0.717) is 38.2 Å². The molecule has 0 spiro atoms. The first-order valence-corrected chi connectivity index (χ1v) is 10.1. The Morgan fingerprint density at radius 1 is 1.17 bits per heavy atom. The van der Waals surface area contributed by atoms with Gasteiger partial charge in [-0.3, -0.25) is 9.69 Å². The molecule has 0 aliphatic carbocycles. The van der Waals surface area contributed by atoms with Crippen molar-refractivity contribution in [3.05, 3.63) is 89.0 Å². The fraction of sp³-hybridized carbons (Fsp3) is 0.292. The number of hydrogen-bond donors (Lipinski definition) is 0. The Kier molecular flexibility index (Phi) is 5.92. The van der Waals surface area contributed by atoms with Crippen molar-refractivity contribution in [3.63, 3.8) is 0 Å². The molecule has 30 heavy (non-hydrogen) atoms. The second-order valence-electron chi connectivity index (χ2n) is 7.47. The number of aromatic nitrogens is 2. The van der Waals surface area contributed by atoms with Gasteiger partial charge < -0.3 is 9.30 Å². The third-order valence-corrected chi connectivity index (χ3v) is 5.50. The SMILES string of the molecule is CCOC(=O)[C@@H]1Cc2ccccc2CN1Cc1cncn1Cc1ccc(C#N)cc1. The summed E-state index contributed by atoms with van der Waals surface area (Å²) in [5, 5.41) is 8.98. The minimum atomic E-state index is -0.307. The van der Waals surface area contributed by atoms with Gasteiger partial charge in [-0.1, -0.05) is 36.4 Å².